The monoisotopic (exact) mass is 246 g/mol. The predicted molar refractivity (Wildman–Crippen MR) is 67.1 cm³/mol. The Morgan fingerprint density at radius 1 is 1.18 bits per heavy atom. The average Bonchev–Trinajstić information content (AvgIpc) is 2.31. The van der Waals surface area contributed by atoms with E-state index >= 15 is 0 Å². The molecule has 86 valence electrons. The van der Waals surface area contributed by atoms with Gasteiger partial charge in [0.05, 0.1) is 0 Å². The summed E-state index contributed by atoms with van der Waals surface area (Å²) in [5.74, 6) is -0.269. The minimum absolute atomic E-state index is 0.269. The molecule has 2 aromatic carbocycles. The number of aryl methyl sites for hydroxylation is 1. The molecule has 0 fully saturated rings. The summed E-state index contributed by atoms with van der Waals surface area (Å²) in [5.41, 5.74) is 1.68. The summed E-state index contributed by atoms with van der Waals surface area (Å²) in [5, 5.41) is 0. The molecule has 0 atom stereocenters. The van der Waals surface area contributed by atoms with Gasteiger partial charge in [-0.05, 0) is 37.3 Å². The number of hydrogen-bond acceptors (Lipinski definition) is 2. The van der Waals surface area contributed by atoms with Gasteiger partial charge in [0.2, 0.25) is 0 Å². The third kappa shape index (κ3) is 2.94. The lowest BCUT2D eigenvalue weighted by Crippen LogP contribution is -1.87. The summed E-state index contributed by atoms with van der Waals surface area (Å²) in [6.07, 6.45) is 0.828. The fraction of sp³-hybridized carbons (Fsp3) is 0.0714. The zero-order chi connectivity index (χ0) is 12.3. The van der Waals surface area contributed by atoms with Gasteiger partial charge < -0.3 is 0 Å². The van der Waals surface area contributed by atoms with Crippen molar-refractivity contribution in [2.45, 2.75) is 16.7 Å². The van der Waals surface area contributed by atoms with Gasteiger partial charge in [-0.3, -0.25) is 4.79 Å². The van der Waals surface area contributed by atoms with Crippen LogP contribution in [0, 0.1) is 12.7 Å². The second-order valence-electron chi connectivity index (χ2n) is 3.72. The molecule has 0 amide bonds. The maximum absolute atomic E-state index is 13.0. The van der Waals surface area contributed by atoms with Crippen molar-refractivity contribution in [2.75, 3.05) is 0 Å². The Hall–Kier alpha value is -1.61. The molecule has 0 radical (unpaired) electrons. The molecular weight excluding hydrogens is 235 g/mol. The molecule has 3 heteroatoms. The van der Waals surface area contributed by atoms with Gasteiger partial charge in [-0.2, -0.15) is 0 Å². The molecule has 0 heterocycles. The van der Waals surface area contributed by atoms with Crippen LogP contribution in [0.4, 0.5) is 4.39 Å². The number of hydrogen-bond donors (Lipinski definition) is 0. The van der Waals surface area contributed by atoms with Gasteiger partial charge in [0.1, 0.15) is 5.82 Å². The van der Waals surface area contributed by atoms with Gasteiger partial charge in [-0.1, -0.05) is 29.5 Å². The third-order valence-corrected chi connectivity index (χ3v) is 3.40. The lowest BCUT2D eigenvalue weighted by molar-refractivity contribution is 0.112. The summed E-state index contributed by atoms with van der Waals surface area (Å²) >= 11 is 1.39. The van der Waals surface area contributed by atoms with Gasteiger partial charge in [-0.25, -0.2) is 4.39 Å². The molecule has 2 rings (SSSR count). The molecule has 0 aliphatic heterocycles. The molecule has 0 unspecified atom stereocenters. The van der Waals surface area contributed by atoms with Crippen molar-refractivity contribution in [3.05, 3.63) is 59.4 Å². The summed E-state index contributed by atoms with van der Waals surface area (Å²) < 4.78 is 13.0. The van der Waals surface area contributed by atoms with Crippen LogP contribution < -0.4 is 0 Å². The largest absolute Gasteiger partial charge is 0.298 e. The van der Waals surface area contributed by atoms with E-state index in [1.54, 1.807) is 6.07 Å². The van der Waals surface area contributed by atoms with E-state index in [1.165, 1.54) is 23.9 Å². The number of carbonyl (C=O) groups is 1. The first kappa shape index (κ1) is 11.9. The molecule has 0 N–H and O–H groups in total. The Kier molecular flexibility index (Phi) is 3.59. The van der Waals surface area contributed by atoms with Crippen LogP contribution >= 0.6 is 11.8 Å². The summed E-state index contributed by atoms with van der Waals surface area (Å²) in [4.78, 5) is 12.6. The van der Waals surface area contributed by atoms with Crippen LogP contribution in [0.3, 0.4) is 0 Å². The van der Waals surface area contributed by atoms with Gasteiger partial charge in [-0.15, -0.1) is 0 Å². The van der Waals surface area contributed by atoms with Crippen molar-refractivity contribution in [2.24, 2.45) is 0 Å². The molecule has 0 saturated carbocycles. The first-order chi connectivity index (χ1) is 8.19. The Bertz CT molecular complexity index is 552. The zero-order valence-corrected chi connectivity index (χ0v) is 10.1. The maximum atomic E-state index is 13.0. The number of benzene rings is 2. The van der Waals surface area contributed by atoms with Crippen molar-refractivity contribution in [1.29, 1.82) is 0 Å². The van der Waals surface area contributed by atoms with Crippen LogP contribution in [0.25, 0.3) is 0 Å². The minimum Gasteiger partial charge on any atom is -0.298 e. The zero-order valence-electron chi connectivity index (χ0n) is 9.31. The van der Waals surface area contributed by atoms with Crippen molar-refractivity contribution < 1.29 is 9.18 Å². The van der Waals surface area contributed by atoms with Gasteiger partial charge in [0, 0.05) is 15.4 Å². The van der Waals surface area contributed by atoms with Crippen LogP contribution in [0.2, 0.25) is 0 Å². The fourth-order valence-corrected chi connectivity index (χ4v) is 2.44. The molecule has 0 aliphatic rings. The van der Waals surface area contributed by atoms with E-state index in [2.05, 4.69) is 0 Å². The Balaban J connectivity index is 2.32. The van der Waals surface area contributed by atoms with Gasteiger partial charge >= 0.3 is 0 Å². The topological polar surface area (TPSA) is 17.1 Å². The van der Waals surface area contributed by atoms with Crippen LogP contribution in [-0.2, 0) is 0 Å². The highest BCUT2D eigenvalue weighted by Crippen LogP contribution is 2.30. The molecule has 1 nitrogen and oxygen atoms in total. The van der Waals surface area contributed by atoms with Crippen molar-refractivity contribution in [3.63, 3.8) is 0 Å². The second-order valence-corrected chi connectivity index (χ2v) is 4.83. The van der Waals surface area contributed by atoms with E-state index in [-0.39, 0.29) is 5.82 Å². The van der Waals surface area contributed by atoms with E-state index in [9.17, 15) is 9.18 Å². The Labute approximate surface area is 104 Å². The lowest BCUT2D eigenvalue weighted by Gasteiger charge is -2.05. The third-order valence-electron chi connectivity index (χ3n) is 2.32. The second kappa shape index (κ2) is 5.15. The van der Waals surface area contributed by atoms with Crippen molar-refractivity contribution in [1.82, 2.24) is 0 Å². The fourth-order valence-electron chi connectivity index (χ4n) is 1.51. The highest BCUT2D eigenvalue weighted by Gasteiger charge is 2.04. The Morgan fingerprint density at radius 3 is 2.71 bits per heavy atom. The molecule has 0 aromatic heterocycles. The molecule has 2 aromatic rings. The standard InChI is InChI=1S/C14H11FOS/c1-10-5-6-14(11(7-10)9-16)17-13-4-2-3-12(15)8-13/h2-9H,1H3. The maximum Gasteiger partial charge on any atom is 0.151 e. The average molecular weight is 246 g/mol. The first-order valence-corrected chi connectivity index (χ1v) is 6.00. The van der Waals surface area contributed by atoms with E-state index in [4.69, 9.17) is 0 Å². The molecule has 0 saturated heterocycles. The van der Waals surface area contributed by atoms with Crippen LogP contribution in [0.5, 0.6) is 0 Å². The lowest BCUT2D eigenvalue weighted by atomic mass is 10.2. The van der Waals surface area contributed by atoms with Crippen LogP contribution in [0.1, 0.15) is 15.9 Å². The van der Waals surface area contributed by atoms with E-state index < -0.39 is 0 Å². The number of halogens is 1. The van der Waals surface area contributed by atoms with E-state index in [0.29, 0.717) is 5.56 Å². The normalized spacial score (nSPS) is 10.2. The Morgan fingerprint density at radius 2 is 2.00 bits per heavy atom. The van der Waals surface area contributed by atoms with Crippen LogP contribution in [0.15, 0.2) is 52.3 Å². The molecule has 0 bridgehead atoms. The van der Waals surface area contributed by atoms with Gasteiger partial charge in [0.15, 0.2) is 6.29 Å². The molecule has 17 heavy (non-hydrogen) atoms. The summed E-state index contributed by atoms with van der Waals surface area (Å²) in [6, 6.07) is 12.0. The quantitative estimate of drug-likeness (QED) is 0.758. The highest BCUT2D eigenvalue weighted by atomic mass is 32.2. The predicted octanol–water partition coefficient (Wildman–Crippen LogP) is 4.10. The highest BCUT2D eigenvalue weighted by molar-refractivity contribution is 7.99. The molecule has 0 spiro atoms. The number of aldehydes is 1. The van der Waals surface area contributed by atoms with Crippen LogP contribution in [-0.4, -0.2) is 6.29 Å². The van der Waals surface area contributed by atoms with Crippen molar-refractivity contribution in [3.8, 4) is 0 Å². The number of rotatable bonds is 3. The minimum atomic E-state index is -0.269. The van der Waals surface area contributed by atoms with Gasteiger partial charge in [0.25, 0.3) is 0 Å². The van der Waals surface area contributed by atoms with E-state index in [0.717, 1.165) is 21.6 Å². The first-order valence-electron chi connectivity index (χ1n) is 5.18. The molecular formula is C14H11FOS. The SMILES string of the molecule is Cc1ccc(Sc2cccc(F)c2)c(C=O)c1. The smallest absolute Gasteiger partial charge is 0.151 e. The molecule has 0 aliphatic carbocycles. The number of carbonyl (C=O) groups excluding carboxylic acids is 1. The summed E-state index contributed by atoms with van der Waals surface area (Å²) in [6.45, 7) is 1.93. The summed E-state index contributed by atoms with van der Waals surface area (Å²) in [7, 11) is 0. The van der Waals surface area contributed by atoms with E-state index in [1.807, 2.05) is 31.2 Å². The van der Waals surface area contributed by atoms with Crippen molar-refractivity contribution >= 4 is 18.0 Å².